The number of rotatable bonds is 7. The van der Waals surface area contributed by atoms with Crippen molar-refractivity contribution in [3.8, 4) is 0 Å². The number of ether oxygens (including phenoxy) is 1. The fourth-order valence-corrected chi connectivity index (χ4v) is 0.719. The van der Waals surface area contributed by atoms with Crippen LogP contribution in [-0.4, -0.2) is 24.2 Å². The lowest BCUT2D eigenvalue weighted by molar-refractivity contribution is 0.230. The highest BCUT2D eigenvalue weighted by atomic mass is 35.5. The lowest BCUT2D eigenvalue weighted by Gasteiger charge is -1.98. The van der Waals surface area contributed by atoms with Gasteiger partial charge < -0.3 is 9.84 Å². The van der Waals surface area contributed by atoms with Crippen molar-refractivity contribution in [3.63, 3.8) is 0 Å². The van der Waals surface area contributed by atoms with E-state index in [1.54, 1.807) is 12.3 Å². The first-order valence-electron chi connectivity index (χ1n) is 3.85. The fraction of sp³-hybridized carbons (Fsp3) is 0.750. The maximum Gasteiger partial charge on any atom is 0.0873 e. The van der Waals surface area contributed by atoms with Crippen molar-refractivity contribution in [2.45, 2.75) is 19.3 Å². The van der Waals surface area contributed by atoms with Gasteiger partial charge in [-0.3, -0.25) is 0 Å². The van der Waals surface area contributed by atoms with Gasteiger partial charge in [-0.25, -0.2) is 0 Å². The molecule has 0 aliphatic heterocycles. The molecule has 0 aliphatic rings. The highest BCUT2D eigenvalue weighted by Gasteiger charge is 1.85. The van der Waals surface area contributed by atoms with Gasteiger partial charge in [0, 0.05) is 12.5 Å². The first-order valence-corrected chi connectivity index (χ1v) is 4.38. The molecule has 11 heavy (non-hydrogen) atoms. The summed E-state index contributed by atoms with van der Waals surface area (Å²) in [6.07, 6.45) is 6.25. The molecule has 2 nitrogen and oxygen atoms in total. The molecule has 0 saturated carbocycles. The third-order valence-corrected chi connectivity index (χ3v) is 1.38. The van der Waals surface area contributed by atoms with Gasteiger partial charge in [-0.1, -0.05) is 0 Å². The molecule has 0 aromatic heterocycles. The van der Waals surface area contributed by atoms with Crippen LogP contribution in [0.1, 0.15) is 19.3 Å². The molecule has 0 atom stereocenters. The molecule has 0 unspecified atom stereocenters. The summed E-state index contributed by atoms with van der Waals surface area (Å²) >= 11 is 5.36. The Kier molecular flexibility index (Phi) is 9.60. The molecular weight excluding hydrogens is 164 g/mol. The van der Waals surface area contributed by atoms with Crippen molar-refractivity contribution in [3.05, 3.63) is 12.3 Å². The zero-order valence-corrected chi connectivity index (χ0v) is 7.39. The highest BCUT2D eigenvalue weighted by molar-refractivity contribution is 6.18. The summed E-state index contributed by atoms with van der Waals surface area (Å²) in [5.41, 5.74) is 0. The van der Waals surface area contributed by atoms with Gasteiger partial charge in [0.1, 0.15) is 0 Å². The van der Waals surface area contributed by atoms with Gasteiger partial charge in [0.2, 0.25) is 0 Å². The van der Waals surface area contributed by atoms with Gasteiger partial charge in [-0.15, -0.1) is 11.6 Å². The Hall–Kier alpha value is -0.210. The summed E-state index contributed by atoms with van der Waals surface area (Å²) in [6, 6.07) is 0. The average Bonchev–Trinajstić information content (AvgIpc) is 2.03. The van der Waals surface area contributed by atoms with Crippen molar-refractivity contribution in [1.82, 2.24) is 0 Å². The van der Waals surface area contributed by atoms with Crippen molar-refractivity contribution in [2.24, 2.45) is 0 Å². The summed E-state index contributed by atoms with van der Waals surface area (Å²) in [4.78, 5) is 0. The van der Waals surface area contributed by atoms with E-state index in [0.717, 1.165) is 19.3 Å². The molecule has 0 heterocycles. The molecule has 0 bridgehead atoms. The zero-order valence-electron chi connectivity index (χ0n) is 6.63. The smallest absolute Gasteiger partial charge is 0.0873 e. The van der Waals surface area contributed by atoms with Gasteiger partial charge in [0.25, 0.3) is 0 Å². The normalized spacial score (nSPS) is 10.7. The number of hydrogen-bond acceptors (Lipinski definition) is 2. The van der Waals surface area contributed by atoms with Gasteiger partial charge in [-0.05, 0) is 25.3 Å². The summed E-state index contributed by atoms with van der Waals surface area (Å²) in [5.74, 6) is 0.497. The van der Waals surface area contributed by atoms with Crippen LogP contribution in [0.5, 0.6) is 0 Å². The molecule has 1 N–H and O–H groups in total. The number of aliphatic hydroxyl groups excluding tert-OH is 1. The van der Waals surface area contributed by atoms with Crippen LogP contribution >= 0.6 is 11.6 Å². The van der Waals surface area contributed by atoms with Gasteiger partial charge in [0.05, 0.1) is 12.9 Å². The Morgan fingerprint density at radius 3 is 2.73 bits per heavy atom. The number of allylic oxidation sites excluding steroid dienone is 1. The summed E-state index contributed by atoms with van der Waals surface area (Å²) in [6.45, 7) is 0.991. The molecule has 0 fully saturated rings. The molecule has 0 rings (SSSR count). The number of aliphatic hydroxyl groups is 1. The monoisotopic (exact) mass is 178 g/mol. The number of halogens is 1. The minimum absolute atomic E-state index is 0.275. The molecule has 0 aliphatic carbocycles. The molecule has 0 aromatic carbocycles. The van der Waals surface area contributed by atoms with Gasteiger partial charge >= 0.3 is 0 Å². The van der Waals surface area contributed by atoms with Crippen LogP contribution in [0.2, 0.25) is 0 Å². The van der Waals surface area contributed by atoms with Crippen LogP contribution in [0.15, 0.2) is 12.3 Å². The number of unbranched alkanes of at least 4 members (excludes halogenated alkanes) is 2. The van der Waals surface area contributed by atoms with Gasteiger partial charge in [0.15, 0.2) is 0 Å². The standard InChI is InChI=1S/C8H15ClO2/c9-5-4-8-11-7-3-1-2-6-10/h4,8,10H,1-3,5-7H2/b8-4-. The molecule has 0 radical (unpaired) electrons. The zero-order chi connectivity index (χ0) is 8.36. The first-order chi connectivity index (χ1) is 5.41. The summed E-state index contributed by atoms with van der Waals surface area (Å²) < 4.78 is 5.07. The Bertz CT molecular complexity index is 94.1. The van der Waals surface area contributed by atoms with Crippen molar-refractivity contribution < 1.29 is 9.84 Å². The second-order valence-electron chi connectivity index (χ2n) is 2.18. The Balaban J connectivity index is 2.85. The molecule has 3 heteroatoms. The van der Waals surface area contributed by atoms with Crippen LogP contribution < -0.4 is 0 Å². The van der Waals surface area contributed by atoms with Crippen molar-refractivity contribution >= 4 is 11.6 Å². The third-order valence-electron chi connectivity index (χ3n) is 1.20. The predicted molar refractivity (Wildman–Crippen MR) is 46.7 cm³/mol. The molecule has 0 spiro atoms. The largest absolute Gasteiger partial charge is 0.501 e. The van der Waals surface area contributed by atoms with E-state index in [2.05, 4.69) is 0 Å². The topological polar surface area (TPSA) is 29.5 Å². The molecule has 0 amide bonds. The Morgan fingerprint density at radius 1 is 1.27 bits per heavy atom. The molecule has 66 valence electrons. The van der Waals surface area contributed by atoms with Gasteiger partial charge in [-0.2, -0.15) is 0 Å². The van der Waals surface area contributed by atoms with Crippen LogP contribution in [0.4, 0.5) is 0 Å². The maximum atomic E-state index is 8.43. The van der Waals surface area contributed by atoms with E-state index in [-0.39, 0.29) is 6.61 Å². The fourth-order valence-electron chi connectivity index (χ4n) is 0.646. The van der Waals surface area contributed by atoms with E-state index in [4.69, 9.17) is 21.4 Å². The SMILES string of the molecule is OCCCCCO/C=C\CCl. The van der Waals surface area contributed by atoms with E-state index >= 15 is 0 Å². The highest BCUT2D eigenvalue weighted by Crippen LogP contribution is 1.94. The van der Waals surface area contributed by atoms with Crippen molar-refractivity contribution in [2.75, 3.05) is 19.1 Å². The lowest BCUT2D eigenvalue weighted by atomic mass is 10.2. The number of hydrogen-bond donors (Lipinski definition) is 1. The van der Waals surface area contributed by atoms with E-state index in [1.165, 1.54) is 0 Å². The van der Waals surface area contributed by atoms with Crippen LogP contribution in [0, 0.1) is 0 Å². The minimum Gasteiger partial charge on any atom is -0.501 e. The second-order valence-corrected chi connectivity index (χ2v) is 2.49. The maximum absolute atomic E-state index is 8.43. The molecule has 0 aromatic rings. The molecular formula is C8H15ClO2. The van der Waals surface area contributed by atoms with Crippen molar-refractivity contribution in [1.29, 1.82) is 0 Å². The Labute approximate surface area is 72.8 Å². The Morgan fingerprint density at radius 2 is 2.09 bits per heavy atom. The number of alkyl halides is 1. The third kappa shape index (κ3) is 9.79. The molecule has 0 saturated heterocycles. The van der Waals surface area contributed by atoms with E-state index < -0.39 is 0 Å². The first kappa shape index (κ1) is 10.8. The summed E-state index contributed by atoms with van der Waals surface area (Å²) in [5, 5.41) is 8.43. The van der Waals surface area contributed by atoms with E-state index in [1.807, 2.05) is 0 Å². The summed E-state index contributed by atoms with van der Waals surface area (Å²) in [7, 11) is 0. The predicted octanol–water partition coefficient (Wildman–Crippen LogP) is 1.92. The van der Waals surface area contributed by atoms with Crippen LogP contribution in [-0.2, 0) is 4.74 Å². The lowest BCUT2D eigenvalue weighted by Crippen LogP contribution is -1.89. The quantitative estimate of drug-likeness (QED) is 0.367. The van der Waals surface area contributed by atoms with E-state index in [9.17, 15) is 0 Å². The van der Waals surface area contributed by atoms with Crippen LogP contribution in [0.25, 0.3) is 0 Å². The average molecular weight is 179 g/mol. The van der Waals surface area contributed by atoms with Crippen LogP contribution in [0.3, 0.4) is 0 Å². The second kappa shape index (κ2) is 9.79. The van der Waals surface area contributed by atoms with E-state index in [0.29, 0.717) is 12.5 Å². The minimum atomic E-state index is 0.275.